The summed E-state index contributed by atoms with van der Waals surface area (Å²) in [5, 5.41) is 12.1. The summed E-state index contributed by atoms with van der Waals surface area (Å²) in [4.78, 5) is 4.73. The second-order valence-electron chi connectivity index (χ2n) is 6.54. The van der Waals surface area contributed by atoms with E-state index in [0.717, 1.165) is 21.8 Å². The van der Waals surface area contributed by atoms with Gasteiger partial charge in [-0.3, -0.25) is 0 Å². The number of aryl methyl sites for hydroxylation is 1. The normalized spacial score (nSPS) is 10.9. The smallest absolute Gasteiger partial charge is 0.210 e. The second-order valence-corrected chi connectivity index (χ2v) is 8.35. The molecule has 0 fully saturated rings. The molecule has 30 heavy (non-hydrogen) atoms. The quantitative estimate of drug-likeness (QED) is 0.337. The third kappa shape index (κ3) is 4.12. The van der Waals surface area contributed by atoms with Gasteiger partial charge in [0, 0.05) is 22.3 Å². The van der Waals surface area contributed by atoms with Crippen LogP contribution < -0.4 is 15.3 Å². The highest BCUT2D eigenvalue weighted by molar-refractivity contribution is 7.98. The van der Waals surface area contributed by atoms with Gasteiger partial charge in [-0.25, -0.2) is 9.66 Å². The molecular weight excluding hydrogens is 418 g/mol. The number of hydrogen-bond acceptors (Lipinski definition) is 8. The molecule has 154 valence electrons. The molecule has 2 aromatic carbocycles. The Morgan fingerprint density at radius 3 is 2.47 bits per heavy atom. The molecule has 0 aliphatic rings. The predicted octanol–water partition coefficient (Wildman–Crippen LogP) is 4.40. The zero-order valence-corrected chi connectivity index (χ0v) is 18.5. The van der Waals surface area contributed by atoms with E-state index in [-0.39, 0.29) is 0 Å². The third-order valence-corrected chi connectivity index (χ3v) is 6.42. The van der Waals surface area contributed by atoms with E-state index in [9.17, 15) is 0 Å². The molecule has 0 unspecified atom stereocenters. The molecule has 0 bridgehead atoms. The van der Waals surface area contributed by atoms with E-state index in [2.05, 4.69) is 10.2 Å². The van der Waals surface area contributed by atoms with Crippen LogP contribution in [0.2, 0.25) is 0 Å². The largest absolute Gasteiger partial charge is 0.493 e. The first kappa shape index (κ1) is 20.2. The van der Waals surface area contributed by atoms with Crippen LogP contribution >= 0.6 is 23.1 Å². The SMILES string of the molecule is COc1ccc(-c2nc(CSc3nnc(-c4ccc(C)cc4)n3N)cs2)cc1OC. The minimum absolute atomic E-state index is 0.641. The minimum Gasteiger partial charge on any atom is -0.493 e. The zero-order chi connectivity index (χ0) is 21.1. The lowest BCUT2D eigenvalue weighted by molar-refractivity contribution is 0.355. The maximum Gasteiger partial charge on any atom is 0.210 e. The maximum absolute atomic E-state index is 6.22. The van der Waals surface area contributed by atoms with Crippen molar-refractivity contribution in [2.75, 3.05) is 20.1 Å². The molecule has 0 spiro atoms. The summed E-state index contributed by atoms with van der Waals surface area (Å²) in [6.07, 6.45) is 0. The lowest BCUT2D eigenvalue weighted by atomic mass is 10.1. The lowest BCUT2D eigenvalue weighted by Gasteiger charge is -2.08. The molecule has 2 aromatic heterocycles. The van der Waals surface area contributed by atoms with Gasteiger partial charge >= 0.3 is 0 Å². The van der Waals surface area contributed by atoms with Crippen LogP contribution in [0.25, 0.3) is 22.0 Å². The molecular formula is C21H21N5O2S2. The van der Waals surface area contributed by atoms with Crippen LogP contribution in [0.4, 0.5) is 0 Å². The van der Waals surface area contributed by atoms with Crippen molar-refractivity contribution in [2.45, 2.75) is 17.8 Å². The highest BCUT2D eigenvalue weighted by atomic mass is 32.2. The van der Waals surface area contributed by atoms with Crippen molar-refractivity contribution in [3.63, 3.8) is 0 Å². The lowest BCUT2D eigenvalue weighted by Crippen LogP contribution is -2.11. The van der Waals surface area contributed by atoms with Crippen LogP contribution in [0.15, 0.2) is 53.0 Å². The van der Waals surface area contributed by atoms with Crippen molar-refractivity contribution in [3.05, 3.63) is 59.1 Å². The number of thioether (sulfide) groups is 1. The Kier molecular flexibility index (Phi) is 5.91. The highest BCUT2D eigenvalue weighted by Gasteiger charge is 2.14. The molecule has 0 saturated heterocycles. The fraction of sp³-hybridized carbons (Fsp3) is 0.190. The molecule has 0 aliphatic carbocycles. The number of ether oxygens (including phenoxy) is 2. The van der Waals surface area contributed by atoms with Crippen LogP contribution in [-0.2, 0) is 5.75 Å². The van der Waals surface area contributed by atoms with E-state index in [1.54, 1.807) is 25.6 Å². The van der Waals surface area contributed by atoms with Gasteiger partial charge in [-0.2, -0.15) is 0 Å². The molecule has 0 atom stereocenters. The minimum atomic E-state index is 0.641. The van der Waals surface area contributed by atoms with Crippen molar-refractivity contribution in [1.82, 2.24) is 19.9 Å². The van der Waals surface area contributed by atoms with Crippen molar-refractivity contribution in [2.24, 2.45) is 0 Å². The summed E-state index contributed by atoms with van der Waals surface area (Å²) in [6, 6.07) is 13.8. The van der Waals surface area contributed by atoms with Crippen LogP contribution in [0.3, 0.4) is 0 Å². The number of aromatic nitrogens is 4. The fourth-order valence-corrected chi connectivity index (χ4v) is 4.56. The summed E-state index contributed by atoms with van der Waals surface area (Å²) in [5.41, 5.74) is 4.06. The summed E-state index contributed by atoms with van der Waals surface area (Å²) in [6.45, 7) is 2.04. The van der Waals surface area contributed by atoms with Crippen LogP contribution in [-0.4, -0.2) is 34.1 Å². The first-order valence-corrected chi connectivity index (χ1v) is 11.0. The van der Waals surface area contributed by atoms with Gasteiger partial charge in [0.25, 0.3) is 0 Å². The van der Waals surface area contributed by atoms with E-state index in [1.807, 2.05) is 54.8 Å². The highest BCUT2D eigenvalue weighted by Crippen LogP contribution is 2.34. The van der Waals surface area contributed by atoms with Gasteiger partial charge in [0.05, 0.1) is 19.9 Å². The van der Waals surface area contributed by atoms with E-state index in [0.29, 0.717) is 28.2 Å². The molecule has 9 heteroatoms. The van der Waals surface area contributed by atoms with Gasteiger partial charge in [-0.15, -0.1) is 21.5 Å². The first-order valence-electron chi connectivity index (χ1n) is 9.16. The van der Waals surface area contributed by atoms with Crippen molar-refractivity contribution in [1.29, 1.82) is 0 Å². The molecule has 4 rings (SSSR count). The number of hydrogen-bond donors (Lipinski definition) is 1. The van der Waals surface area contributed by atoms with Crippen LogP contribution in [0.5, 0.6) is 11.5 Å². The average molecular weight is 440 g/mol. The van der Waals surface area contributed by atoms with E-state index < -0.39 is 0 Å². The number of benzene rings is 2. The molecule has 2 N–H and O–H groups in total. The van der Waals surface area contributed by atoms with Crippen molar-refractivity contribution in [3.8, 4) is 33.5 Å². The Labute approximate surface area is 182 Å². The van der Waals surface area contributed by atoms with Crippen LogP contribution in [0.1, 0.15) is 11.3 Å². The number of thiazole rings is 1. The van der Waals surface area contributed by atoms with Crippen molar-refractivity contribution < 1.29 is 9.47 Å². The molecule has 4 aromatic rings. The zero-order valence-electron chi connectivity index (χ0n) is 16.8. The van der Waals surface area contributed by atoms with Gasteiger partial charge in [0.1, 0.15) is 5.01 Å². The molecule has 0 amide bonds. The summed E-state index contributed by atoms with van der Waals surface area (Å²) < 4.78 is 12.2. The van der Waals surface area contributed by atoms with E-state index >= 15 is 0 Å². The number of methoxy groups -OCH3 is 2. The number of nitrogen functional groups attached to an aromatic ring is 1. The average Bonchev–Trinajstić information content (AvgIpc) is 3.39. The Morgan fingerprint density at radius 2 is 1.73 bits per heavy atom. The Hall–Kier alpha value is -3.04. The summed E-state index contributed by atoms with van der Waals surface area (Å²) in [5.74, 6) is 8.88. The fourth-order valence-electron chi connectivity index (χ4n) is 2.89. The van der Waals surface area contributed by atoms with Gasteiger partial charge in [-0.1, -0.05) is 41.6 Å². The number of nitrogens with two attached hydrogens (primary N) is 1. The molecule has 0 radical (unpaired) electrons. The Bertz CT molecular complexity index is 1150. The summed E-state index contributed by atoms with van der Waals surface area (Å²) in [7, 11) is 3.25. The monoisotopic (exact) mass is 439 g/mol. The standard InChI is InChI=1S/C21H21N5O2S2/c1-13-4-6-14(7-5-13)19-24-25-21(26(19)22)30-12-16-11-29-20(23-16)15-8-9-17(27-2)18(10-15)28-3/h4-11H,12,22H2,1-3H3. The second kappa shape index (κ2) is 8.76. The molecule has 2 heterocycles. The van der Waals surface area contributed by atoms with Gasteiger partial charge in [-0.05, 0) is 25.1 Å². The molecule has 7 nitrogen and oxygen atoms in total. The molecule has 0 saturated carbocycles. The summed E-state index contributed by atoms with van der Waals surface area (Å²) >= 11 is 3.09. The van der Waals surface area contributed by atoms with Crippen molar-refractivity contribution >= 4 is 23.1 Å². The first-order chi connectivity index (χ1) is 14.6. The maximum atomic E-state index is 6.22. The van der Waals surface area contributed by atoms with E-state index in [4.69, 9.17) is 20.3 Å². The predicted molar refractivity (Wildman–Crippen MR) is 121 cm³/mol. The van der Waals surface area contributed by atoms with Gasteiger partial charge in [0.2, 0.25) is 5.16 Å². The Balaban J connectivity index is 1.47. The van der Waals surface area contributed by atoms with Gasteiger partial charge in [0.15, 0.2) is 17.3 Å². The number of rotatable bonds is 7. The third-order valence-electron chi connectivity index (χ3n) is 4.51. The van der Waals surface area contributed by atoms with E-state index in [1.165, 1.54) is 22.0 Å². The molecule has 0 aliphatic heterocycles. The van der Waals surface area contributed by atoms with Crippen LogP contribution in [0, 0.1) is 6.92 Å². The van der Waals surface area contributed by atoms with Gasteiger partial charge < -0.3 is 15.3 Å². The number of nitrogens with zero attached hydrogens (tertiary/aromatic N) is 4. The topological polar surface area (TPSA) is 88.1 Å². The Morgan fingerprint density at radius 1 is 1.00 bits per heavy atom.